The van der Waals surface area contributed by atoms with Crippen molar-refractivity contribution in [3.8, 4) is 0 Å². The lowest BCUT2D eigenvalue weighted by Gasteiger charge is -2.21. The van der Waals surface area contributed by atoms with Gasteiger partial charge in [0.1, 0.15) is 19.3 Å². The normalized spacial score (nSPS) is 14.3. The Balaban J connectivity index is 5.23. The molecule has 3 unspecified atom stereocenters. The molecule has 0 saturated carbocycles. The SMILES string of the molecule is CCC(C)CCCCCCCCCCCCCCCCC(=O)O[C@H](COC(=O)CCCCCCCCC(C)C)COP(=O)(O)OC[C@H](O)COP(=O)(O)OC[C@@H](COC(=O)CCCCCCCCCCCCCCCC(C)C)OC(=O)CCCCCCCCCCCCCCCCC(C)C. The highest BCUT2D eigenvalue weighted by atomic mass is 31.2. The molecule has 6 atom stereocenters. The number of carbonyl (C=O) groups excluding carboxylic acids is 4. The number of phosphoric ester groups is 2. The van der Waals surface area contributed by atoms with Crippen LogP contribution >= 0.6 is 15.6 Å². The first kappa shape index (κ1) is 98.1. The van der Waals surface area contributed by atoms with Crippen LogP contribution in [-0.2, 0) is 65.4 Å². The van der Waals surface area contributed by atoms with E-state index in [1.165, 1.54) is 212 Å². The number of aliphatic hydroxyl groups excluding tert-OH is 1. The maximum atomic E-state index is 13.1. The highest BCUT2D eigenvalue weighted by molar-refractivity contribution is 7.47. The minimum Gasteiger partial charge on any atom is -0.462 e. The van der Waals surface area contributed by atoms with Gasteiger partial charge in [0.25, 0.3) is 0 Å². The minimum absolute atomic E-state index is 0.106. The lowest BCUT2D eigenvalue weighted by Crippen LogP contribution is -2.30. The molecule has 0 aromatic rings. The van der Waals surface area contributed by atoms with Crippen molar-refractivity contribution in [2.24, 2.45) is 23.7 Å². The van der Waals surface area contributed by atoms with Gasteiger partial charge in [0.15, 0.2) is 12.2 Å². The lowest BCUT2D eigenvalue weighted by atomic mass is 9.99. The van der Waals surface area contributed by atoms with Crippen LogP contribution in [0.4, 0.5) is 0 Å². The lowest BCUT2D eigenvalue weighted by molar-refractivity contribution is -0.161. The predicted molar refractivity (Wildman–Crippen MR) is 409 cm³/mol. The Morgan fingerprint density at radius 1 is 0.280 bits per heavy atom. The predicted octanol–water partition coefficient (Wildman–Crippen LogP) is 24.0. The first-order valence-electron chi connectivity index (χ1n) is 41.7. The van der Waals surface area contributed by atoms with Crippen LogP contribution in [0.2, 0.25) is 0 Å². The van der Waals surface area contributed by atoms with Gasteiger partial charge in [0, 0.05) is 25.7 Å². The van der Waals surface area contributed by atoms with Gasteiger partial charge >= 0.3 is 39.5 Å². The molecule has 0 aromatic heterocycles. The van der Waals surface area contributed by atoms with Gasteiger partial charge in [-0.1, -0.05) is 364 Å². The van der Waals surface area contributed by atoms with Crippen molar-refractivity contribution < 1.29 is 80.2 Å². The zero-order chi connectivity index (χ0) is 73.8. The summed E-state index contributed by atoms with van der Waals surface area (Å²) in [6.07, 6.45) is 56.9. The minimum atomic E-state index is -4.96. The highest BCUT2D eigenvalue weighted by Gasteiger charge is 2.30. The molecule has 0 aromatic carbocycles. The van der Waals surface area contributed by atoms with Crippen LogP contribution in [0.3, 0.4) is 0 Å². The molecule has 0 amide bonds. The number of ether oxygens (including phenoxy) is 4. The molecule has 594 valence electrons. The van der Waals surface area contributed by atoms with Gasteiger partial charge in [0.2, 0.25) is 0 Å². The molecular formula is C81H158O17P2. The molecule has 0 rings (SSSR count). The summed E-state index contributed by atoms with van der Waals surface area (Å²) in [6, 6.07) is 0. The summed E-state index contributed by atoms with van der Waals surface area (Å²) in [6.45, 7) is 14.3. The number of carbonyl (C=O) groups is 4. The molecule has 0 aliphatic rings. The van der Waals surface area contributed by atoms with E-state index in [1.54, 1.807) is 0 Å². The molecule has 0 aliphatic heterocycles. The first-order valence-corrected chi connectivity index (χ1v) is 44.7. The molecule has 19 heteroatoms. The summed E-state index contributed by atoms with van der Waals surface area (Å²) in [5, 5.41) is 10.6. The van der Waals surface area contributed by atoms with Gasteiger partial charge in [-0.3, -0.25) is 37.3 Å². The van der Waals surface area contributed by atoms with Crippen LogP contribution in [0, 0.1) is 23.7 Å². The molecular weight excluding hydrogens is 1310 g/mol. The van der Waals surface area contributed by atoms with Gasteiger partial charge in [-0.15, -0.1) is 0 Å². The largest absolute Gasteiger partial charge is 0.472 e. The molecule has 0 radical (unpaired) electrons. The van der Waals surface area contributed by atoms with Crippen molar-refractivity contribution in [3.05, 3.63) is 0 Å². The number of phosphoric acid groups is 2. The second-order valence-corrected chi connectivity index (χ2v) is 33.7. The Morgan fingerprint density at radius 3 is 0.710 bits per heavy atom. The van der Waals surface area contributed by atoms with Gasteiger partial charge in [-0.05, 0) is 49.4 Å². The van der Waals surface area contributed by atoms with E-state index in [4.69, 9.17) is 37.0 Å². The van der Waals surface area contributed by atoms with E-state index >= 15 is 0 Å². The molecule has 3 N–H and O–H groups in total. The number of rotatable bonds is 78. The third-order valence-electron chi connectivity index (χ3n) is 19.2. The summed E-state index contributed by atoms with van der Waals surface area (Å²) >= 11 is 0. The number of esters is 4. The van der Waals surface area contributed by atoms with Crippen LogP contribution in [0.1, 0.15) is 415 Å². The average Bonchev–Trinajstić information content (AvgIpc) is 0.938. The molecule has 17 nitrogen and oxygen atoms in total. The molecule has 0 bridgehead atoms. The first-order chi connectivity index (χ1) is 48.1. The van der Waals surface area contributed by atoms with Gasteiger partial charge in [-0.25, -0.2) is 9.13 Å². The van der Waals surface area contributed by atoms with Crippen molar-refractivity contribution in [2.75, 3.05) is 39.6 Å². The summed E-state index contributed by atoms with van der Waals surface area (Å²) in [5.74, 6) is 0.996. The summed E-state index contributed by atoms with van der Waals surface area (Å²) in [5.41, 5.74) is 0. The van der Waals surface area contributed by atoms with Gasteiger partial charge in [0.05, 0.1) is 26.4 Å². The monoisotopic (exact) mass is 1470 g/mol. The van der Waals surface area contributed by atoms with E-state index in [1.807, 2.05) is 0 Å². The fourth-order valence-corrected chi connectivity index (χ4v) is 14.0. The number of hydrogen-bond donors (Lipinski definition) is 3. The van der Waals surface area contributed by atoms with Crippen molar-refractivity contribution in [3.63, 3.8) is 0 Å². The van der Waals surface area contributed by atoms with Gasteiger partial charge < -0.3 is 33.8 Å². The van der Waals surface area contributed by atoms with E-state index in [-0.39, 0.29) is 25.7 Å². The number of aliphatic hydroxyl groups is 1. The Hall–Kier alpha value is -1.94. The van der Waals surface area contributed by atoms with Crippen molar-refractivity contribution >= 4 is 39.5 Å². The molecule has 0 fully saturated rings. The maximum Gasteiger partial charge on any atom is 0.472 e. The van der Waals surface area contributed by atoms with Crippen LogP contribution in [0.5, 0.6) is 0 Å². The van der Waals surface area contributed by atoms with E-state index in [9.17, 15) is 43.2 Å². The molecule has 0 heterocycles. The van der Waals surface area contributed by atoms with E-state index in [0.29, 0.717) is 31.6 Å². The van der Waals surface area contributed by atoms with Crippen molar-refractivity contribution in [1.29, 1.82) is 0 Å². The highest BCUT2D eigenvalue weighted by Crippen LogP contribution is 2.45. The zero-order valence-corrected chi connectivity index (χ0v) is 67.6. The van der Waals surface area contributed by atoms with Crippen LogP contribution in [-0.4, -0.2) is 96.7 Å². The molecule has 0 saturated heterocycles. The quantitative estimate of drug-likeness (QED) is 0.0222. The van der Waals surface area contributed by atoms with Crippen LogP contribution in [0.25, 0.3) is 0 Å². The smallest absolute Gasteiger partial charge is 0.462 e. The van der Waals surface area contributed by atoms with Crippen LogP contribution < -0.4 is 0 Å². The Morgan fingerprint density at radius 2 is 0.480 bits per heavy atom. The second-order valence-electron chi connectivity index (χ2n) is 30.8. The Bertz CT molecular complexity index is 1960. The fourth-order valence-electron chi connectivity index (χ4n) is 12.4. The van der Waals surface area contributed by atoms with E-state index in [0.717, 1.165) is 114 Å². The molecule has 0 aliphatic carbocycles. The standard InChI is InChI=1S/C81H158O17P2/c1-9-74(8)60-52-44-35-29-23-17-11-13-19-26-32-38-48-56-64-81(86)98-77(68-92-79(84)62-54-46-40-39-43-51-59-73(6)7)70-96-100(89,90)94-66-75(82)65-93-99(87,88)95-69-76(67-91-78(83)61-53-45-36-30-24-20-14-16-22-28-34-42-50-58-72(4)5)97-80(85)63-55-47-37-31-25-18-12-10-15-21-27-33-41-49-57-71(2)3/h71-77,82H,9-70H2,1-8H3,(H,87,88)(H,89,90)/t74?,75-,76-,77-/m1/s1. The van der Waals surface area contributed by atoms with E-state index in [2.05, 4.69) is 55.4 Å². The Labute approximate surface area is 613 Å². The van der Waals surface area contributed by atoms with Crippen LogP contribution in [0.15, 0.2) is 0 Å². The maximum absolute atomic E-state index is 13.1. The molecule has 100 heavy (non-hydrogen) atoms. The Kier molecular flexibility index (Phi) is 68.7. The fraction of sp³-hybridized carbons (Fsp3) is 0.951. The summed E-state index contributed by atoms with van der Waals surface area (Å²) in [4.78, 5) is 73.0. The third kappa shape index (κ3) is 73.0. The zero-order valence-electron chi connectivity index (χ0n) is 65.8. The summed E-state index contributed by atoms with van der Waals surface area (Å²) in [7, 11) is -9.92. The van der Waals surface area contributed by atoms with Gasteiger partial charge in [-0.2, -0.15) is 0 Å². The van der Waals surface area contributed by atoms with Crippen molar-refractivity contribution in [2.45, 2.75) is 433 Å². The molecule has 0 spiro atoms. The average molecular weight is 1470 g/mol. The second kappa shape index (κ2) is 70.1. The number of hydrogen-bond acceptors (Lipinski definition) is 15. The third-order valence-corrected chi connectivity index (χ3v) is 21.1. The number of unbranched alkanes of at least 4 members (excludes halogenated alkanes) is 43. The van der Waals surface area contributed by atoms with E-state index < -0.39 is 97.5 Å². The summed E-state index contributed by atoms with van der Waals surface area (Å²) < 4.78 is 68.7. The topological polar surface area (TPSA) is 237 Å². The van der Waals surface area contributed by atoms with Crippen molar-refractivity contribution in [1.82, 2.24) is 0 Å².